The van der Waals surface area contributed by atoms with Crippen molar-refractivity contribution < 1.29 is 24.5 Å². The first-order chi connectivity index (χ1) is 11.5. The van der Waals surface area contributed by atoms with Crippen LogP contribution >= 0.6 is 0 Å². The monoisotopic (exact) mass is 332 g/mol. The number of hydrogen-bond acceptors (Lipinski definition) is 5. The SMILES string of the molecule is C#CCNC(=O)C[C@@H]1O[C@H](CNC(=O)c2ccccc2)[C@@H](O)[C@H]1O. The molecule has 24 heavy (non-hydrogen) atoms. The molecule has 0 aromatic heterocycles. The van der Waals surface area contributed by atoms with Crippen molar-refractivity contribution in [1.29, 1.82) is 0 Å². The minimum Gasteiger partial charge on any atom is -0.388 e. The normalized spacial score (nSPS) is 25.7. The number of carbonyl (C=O) groups excluding carboxylic acids is 2. The molecular weight excluding hydrogens is 312 g/mol. The Labute approximate surface area is 140 Å². The fourth-order valence-corrected chi connectivity index (χ4v) is 2.45. The van der Waals surface area contributed by atoms with Crippen molar-refractivity contribution >= 4 is 11.8 Å². The average Bonchev–Trinajstić information content (AvgIpc) is 2.86. The summed E-state index contributed by atoms with van der Waals surface area (Å²) in [7, 11) is 0. The molecule has 0 bridgehead atoms. The highest BCUT2D eigenvalue weighted by molar-refractivity contribution is 5.94. The third kappa shape index (κ3) is 4.55. The largest absolute Gasteiger partial charge is 0.388 e. The van der Waals surface area contributed by atoms with Crippen molar-refractivity contribution in [2.75, 3.05) is 13.1 Å². The highest BCUT2D eigenvalue weighted by atomic mass is 16.5. The van der Waals surface area contributed by atoms with Crippen LogP contribution in [0.15, 0.2) is 30.3 Å². The molecule has 0 aliphatic carbocycles. The number of aliphatic hydroxyl groups excluding tert-OH is 2. The Balaban J connectivity index is 1.85. The number of aliphatic hydroxyl groups is 2. The van der Waals surface area contributed by atoms with Gasteiger partial charge in [-0.25, -0.2) is 0 Å². The summed E-state index contributed by atoms with van der Waals surface area (Å²) in [6, 6.07) is 8.60. The molecule has 0 saturated carbocycles. The molecule has 0 radical (unpaired) electrons. The van der Waals surface area contributed by atoms with Gasteiger partial charge >= 0.3 is 0 Å². The number of benzene rings is 1. The third-order valence-electron chi connectivity index (χ3n) is 3.74. The first-order valence-corrected chi connectivity index (χ1v) is 7.58. The maximum atomic E-state index is 12.0. The molecular formula is C17H20N2O5. The maximum Gasteiger partial charge on any atom is 0.251 e. The summed E-state index contributed by atoms with van der Waals surface area (Å²) < 4.78 is 5.50. The van der Waals surface area contributed by atoms with E-state index in [4.69, 9.17) is 11.2 Å². The summed E-state index contributed by atoms with van der Waals surface area (Å²) in [5.74, 6) is 1.58. The van der Waals surface area contributed by atoms with Gasteiger partial charge < -0.3 is 25.6 Å². The van der Waals surface area contributed by atoms with Crippen molar-refractivity contribution in [2.24, 2.45) is 0 Å². The van der Waals surface area contributed by atoms with Crippen molar-refractivity contribution in [3.05, 3.63) is 35.9 Å². The van der Waals surface area contributed by atoms with Crippen molar-refractivity contribution in [2.45, 2.75) is 30.8 Å². The number of hydrogen-bond donors (Lipinski definition) is 4. The number of nitrogens with one attached hydrogen (secondary N) is 2. The van der Waals surface area contributed by atoms with Crippen LogP contribution in [0.25, 0.3) is 0 Å². The quantitative estimate of drug-likeness (QED) is 0.502. The number of rotatable bonds is 6. The Morgan fingerprint density at radius 3 is 2.46 bits per heavy atom. The molecule has 2 amide bonds. The van der Waals surface area contributed by atoms with E-state index in [0.29, 0.717) is 5.56 Å². The van der Waals surface area contributed by atoms with Gasteiger partial charge in [0.2, 0.25) is 5.91 Å². The van der Waals surface area contributed by atoms with Crippen LogP contribution in [0.4, 0.5) is 0 Å². The molecule has 0 unspecified atom stereocenters. The molecule has 7 nitrogen and oxygen atoms in total. The smallest absolute Gasteiger partial charge is 0.251 e. The van der Waals surface area contributed by atoms with Crippen LogP contribution in [0.1, 0.15) is 16.8 Å². The lowest BCUT2D eigenvalue weighted by molar-refractivity contribution is -0.124. The molecule has 128 valence electrons. The number of ether oxygens (including phenoxy) is 1. The second-order valence-electron chi connectivity index (χ2n) is 5.46. The van der Waals surface area contributed by atoms with Crippen LogP contribution in [0.3, 0.4) is 0 Å². The first kappa shape index (κ1) is 17.9. The van der Waals surface area contributed by atoms with E-state index in [1.807, 2.05) is 0 Å². The maximum absolute atomic E-state index is 12.0. The van der Waals surface area contributed by atoms with Crippen LogP contribution in [0, 0.1) is 12.3 Å². The van der Waals surface area contributed by atoms with Gasteiger partial charge in [0.15, 0.2) is 0 Å². The summed E-state index contributed by atoms with van der Waals surface area (Å²) in [4.78, 5) is 23.6. The molecule has 4 atom stereocenters. The Kier molecular flexibility index (Phi) is 6.32. The van der Waals surface area contributed by atoms with E-state index in [1.54, 1.807) is 30.3 Å². The molecule has 1 aliphatic rings. The van der Waals surface area contributed by atoms with Gasteiger partial charge in [0.1, 0.15) is 18.3 Å². The van der Waals surface area contributed by atoms with E-state index >= 15 is 0 Å². The van der Waals surface area contributed by atoms with Gasteiger partial charge in [-0.3, -0.25) is 9.59 Å². The second kappa shape index (κ2) is 8.45. The molecule has 0 spiro atoms. The van der Waals surface area contributed by atoms with Crippen LogP contribution in [0.5, 0.6) is 0 Å². The zero-order valence-electron chi connectivity index (χ0n) is 13.0. The third-order valence-corrected chi connectivity index (χ3v) is 3.74. The molecule has 1 aliphatic heterocycles. The minimum atomic E-state index is -1.21. The lowest BCUT2D eigenvalue weighted by Gasteiger charge is -2.15. The molecule has 1 heterocycles. The van der Waals surface area contributed by atoms with Crippen molar-refractivity contribution in [3.8, 4) is 12.3 Å². The van der Waals surface area contributed by atoms with Gasteiger partial charge in [0.05, 0.1) is 19.1 Å². The predicted molar refractivity (Wildman–Crippen MR) is 85.9 cm³/mol. The summed E-state index contributed by atoms with van der Waals surface area (Å²) in [5.41, 5.74) is 0.482. The van der Waals surface area contributed by atoms with Gasteiger partial charge in [-0.15, -0.1) is 6.42 Å². The summed E-state index contributed by atoms with van der Waals surface area (Å²) >= 11 is 0. The van der Waals surface area contributed by atoms with E-state index in [9.17, 15) is 19.8 Å². The topological polar surface area (TPSA) is 108 Å². The molecule has 4 N–H and O–H groups in total. The zero-order valence-corrected chi connectivity index (χ0v) is 13.0. The molecule has 1 saturated heterocycles. The Hall–Kier alpha value is -2.40. The first-order valence-electron chi connectivity index (χ1n) is 7.58. The summed E-state index contributed by atoms with van der Waals surface area (Å²) in [6.45, 7) is 0.106. The lowest BCUT2D eigenvalue weighted by Crippen LogP contribution is -2.40. The highest BCUT2D eigenvalue weighted by Crippen LogP contribution is 2.23. The van der Waals surface area contributed by atoms with Crippen LogP contribution in [-0.2, 0) is 9.53 Å². The van der Waals surface area contributed by atoms with E-state index in [1.165, 1.54) is 0 Å². The Morgan fingerprint density at radius 1 is 1.12 bits per heavy atom. The Bertz CT molecular complexity index is 613. The van der Waals surface area contributed by atoms with E-state index < -0.39 is 24.4 Å². The molecule has 2 rings (SSSR count). The number of carbonyl (C=O) groups is 2. The Morgan fingerprint density at radius 2 is 1.79 bits per heavy atom. The molecule has 7 heteroatoms. The van der Waals surface area contributed by atoms with Crippen molar-refractivity contribution in [3.63, 3.8) is 0 Å². The van der Waals surface area contributed by atoms with Gasteiger partial charge in [-0.2, -0.15) is 0 Å². The summed E-state index contributed by atoms with van der Waals surface area (Å²) in [6.07, 6.45) is 0.884. The van der Waals surface area contributed by atoms with Crippen LogP contribution in [0.2, 0.25) is 0 Å². The molecule has 1 aromatic carbocycles. The van der Waals surface area contributed by atoms with Crippen LogP contribution in [-0.4, -0.2) is 59.5 Å². The van der Waals surface area contributed by atoms with Gasteiger partial charge in [0, 0.05) is 12.1 Å². The number of amides is 2. The zero-order chi connectivity index (χ0) is 17.5. The fraction of sp³-hybridized carbons (Fsp3) is 0.412. The van der Waals surface area contributed by atoms with E-state index in [0.717, 1.165) is 0 Å². The van der Waals surface area contributed by atoms with E-state index in [-0.39, 0.29) is 31.3 Å². The average molecular weight is 332 g/mol. The van der Waals surface area contributed by atoms with Crippen LogP contribution < -0.4 is 10.6 Å². The molecule has 1 fully saturated rings. The van der Waals surface area contributed by atoms with Gasteiger partial charge in [-0.05, 0) is 12.1 Å². The standard InChI is InChI=1S/C17H20N2O5/c1-2-8-18-14(20)9-12-15(21)16(22)13(24-12)10-19-17(23)11-6-4-3-5-7-11/h1,3-7,12-13,15-16,21-22H,8-10H2,(H,18,20)(H,19,23)/t12-,13+,15-,16+/m0/s1. The second-order valence-corrected chi connectivity index (χ2v) is 5.46. The van der Waals surface area contributed by atoms with Crippen molar-refractivity contribution in [1.82, 2.24) is 10.6 Å². The minimum absolute atomic E-state index is 0.0223. The van der Waals surface area contributed by atoms with Gasteiger partial charge in [-0.1, -0.05) is 24.1 Å². The summed E-state index contributed by atoms with van der Waals surface area (Å²) in [5, 5.41) is 25.1. The molecule has 1 aromatic rings. The van der Waals surface area contributed by atoms with E-state index in [2.05, 4.69) is 16.6 Å². The number of terminal acetylenes is 1. The fourth-order valence-electron chi connectivity index (χ4n) is 2.45. The predicted octanol–water partition coefficient (Wildman–Crippen LogP) is -0.955. The lowest BCUT2D eigenvalue weighted by atomic mass is 10.1. The van der Waals surface area contributed by atoms with Gasteiger partial charge in [0.25, 0.3) is 5.91 Å². The highest BCUT2D eigenvalue weighted by Gasteiger charge is 2.43.